The van der Waals surface area contributed by atoms with Gasteiger partial charge in [-0.3, -0.25) is 4.90 Å². The lowest BCUT2D eigenvalue weighted by molar-refractivity contribution is -0.0680. The average Bonchev–Trinajstić information content (AvgIpc) is 2.48. The number of morpholine rings is 1. The third kappa shape index (κ3) is 5.01. The molecule has 1 aliphatic rings. The van der Waals surface area contributed by atoms with Gasteiger partial charge in [-0.15, -0.1) is 0 Å². The Labute approximate surface area is 139 Å². The van der Waals surface area contributed by atoms with E-state index in [-0.39, 0.29) is 0 Å². The molecule has 5 nitrogen and oxygen atoms in total. The van der Waals surface area contributed by atoms with Gasteiger partial charge in [-0.25, -0.2) is 0 Å². The van der Waals surface area contributed by atoms with Gasteiger partial charge in [0, 0.05) is 30.4 Å². The molecular formula is C18H30N2O3. The van der Waals surface area contributed by atoms with E-state index < -0.39 is 0 Å². The van der Waals surface area contributed by atoms with Gasteiger partial charge >= 0.3 is 0 Å². The van der Waals surface area contributed by atoms with E-state index >= 15 is 0 Å². The molecule has 2 N–H and O–H groups in total. The van der Waals surface area contributed by atoms with Crippen molar-refractivity contribution in [1.29, 1.82) is 0 Å². The molecule has 0 aliphatic carbocycles. The Morgan fingerprint density at radius 2 is 1.96 bits per heavy atom. The zero-order valence-corrected chi connectivity index (χ0v) is 14.8. The number of nitrogen functional groups attached to an aromatic ring is 1. The van der Waals surface area contributed by atoms with Gasteiger partial charge in [0.05, 0.1) is 25.9 Å². The highest BCUT2D eigenvalue weighted by Gasteiger charge is 2.21. The van der Waals surface area contributed by atoms with Gasteiger partial charge in [-0.05, 0) is 46.2 Å². The van der Waals surface area contributed by atoms with Gasteiger partial charge in [0.15, 0.2) is 11.5 Å². The minimum absolute atomic E-state index is 0.310. The maximum atomic E-state index is 5.99. The van der Waals surface area contributed by atoms with Crippen molar-refractivity contribution in [1.82, 2.24) is 4.90 Å². The second kappa shape index (κ2) is 8.41. The van der Waals surface area contributed by atoms with E-state index in [1.54, 1.807) is 7.11 Å². The molecule has 0 aromatic heterocycles. The SMILES string of the molecule is CCOc1c(CCCN2CC(C)OC(C)C2)cc(N)cc1OC. The summed E-state index contributed by atoms with van der Waals surface area (Å²) >= 11 is 0. The van der Waals surface area contributed by atoms with Crippen LogP contribution in [0.4, 0.5) is 5.69 Å². The van der Waals surface area contributed by atoms with Crippen molar-refractivity contribution in [2.45, 2.75) is 45.8 Å². The van der Waals surface area contributed by atoms with Crippen LogP contribution in [0.5, 0.6) is 11.5 Å². The maximum absolute atomic E-state index is 5.99. The van der Waals surface area contributed by atoms with Crippen LogP contribution >= 0.6 is 0 Å². The summed E-state index contributed by atoms with van der Waals surface area (Å²) in [6.07, 6.45) is 2.61. The lowest BCUT2D eigenvalue weighted by atomic mass is 10.1. The Hall–Kier alpha value is -1.46. The molecule has 1 aromatic carbocycles. The summed E-state index contributed by atoms with van der Waals surface area (Å²) in [5, 5.41) is 0. The Bertz CT molecular complexity index is 497. The van der Waals surface area contributed by atoms with Gasteiger partial charge in [0.25, 0.3) is 0 Å². The molecule has 1 fully saturated rings. The summed E-state index contributed by atoms with van der Waals surface area (Å²) in [5.74, 6) is 1.54. The fourth-order valence-electron chi connectivity index (χ4n) is 3.29. The van der Waals surface area contributed by atoms with Crippen molar-refractivity contribution < 1.29 is 14.2 Å². The number of benzene rings is 1. The minimum atomic E-state index is 0.310. The van der Waals surface area contributed by atoms with E-state index in [4.69, 9.17) is 19.9 Å². The Morgan fingerprint density at radius 1 is 1.26 bits per heavy atom. The molecule has 0 radical (unpaired) electrons. The van der Waals surface area contributed by atoms with Crippen LogP contribution in [0.25, 0.3) is 0 Å². The molecule has 2 rings (SSSR count). The summed E-state index contributed by atoms with van der Waals surface area (Å²) in [5.41, 5.74) is 7.83. The molecule has 0 amide bonds. The third-order valence-electron chi connectivity index (χ3n) is 4.08. The summed E-state index contributed by atoms with van der Waals surface area (Å²) in [6, 6.07) is 3.82. The maximum Gasteiger partial charge on any atom is 0.164 e. The molecule has 1 aromatic rings. The van der Waals surface area contributed by atoms with Crippen LogP contribution in [-0.2, 0) is 11.2 Å². The number of hydrogen-bond donors (Lipinski definition) is 1. The second-order valence-electron chi connectivity index (χ2n) is 6.26. The number of aryl methyl sites for hydroxylation is 1. The first-order valence-corrected chi connectivity index (χ1v) is 8.50. The first kappa shape index (κ1) is 17.9. The summed E-state index contributed by atoms with van der Waals surface area (Å²) < 4.78 is 17.0. The van der Waals surface area contributed by atoms with Crippen LogP contribution in [-0.4, -0.2) is 50.5 Å². The van der Waals surface area contributed by atoms with Crippen molar-refractivity contribution in [3.8, 4) is 11.5 Å². The van der Waals surface area contributed by atoms with Crippen molar-refractivity contribution in [2.24, 2.45) is 0 Å². The van der Waals surface area contributed by atoms with Gasteiger partial charge < -0.3 is 19.9 Å². The molecule has 0 saturated carbocycles. The Kier molecular flexibility index (Phi) is 6.54. The van der Waals surface area contributed by atoms with Crippen molar-refractivity contribution in [3.05, 3.63) is 17.7 Å². The normalized spacial score (nSPS) is 22.1. The zero-order chi connectivity index (χ0) is 16.8. The standard InChI is InChI=1S/C18H30N2O3/c1-5-22-18-15(9-16(19)10-17(18)21-4)7-6-8-20-11-13(2)23-14(3)12-20/h9-10,13-14H,5-8,11-12,19H2,1-4H3. The van der Waals surface area contributed by atoms with E-state index in [2.05, 4.69) is 18.7 Å². The fraction of sp³-hybridized carbons (Fsp3) is 0.667. The Morgan fingerprint density at radius 3 is 2.57 bits per heavy atom. The first-order chi connectivity index (χ1) is 11.0. The zero-order valence-electron chi connectivity index (χ0n) is 14.8. The van der Waals surface area contributed by atoms with E-state index in [0.717, 1.165) is 49.5 Å². The van der Waals surface area contributed by atoms with Crippen molar-refractivity contribution in [2.75, 3.05) is 39.1 Å². The number of anilines is 1. The van der Waals surface area contributed by atoms with Crippen molar-refractivity contribution in [3.63, 3.8) is 0 Å². The van der Waals surface area contributed by atoms with Gasteiger partial charge in [0.2, 0.25) is 0 Å². The molecule has 1 saturated heterocycles. The topological polar surface area (TPSA) is 57.0 Å². The number of hydrogen-bond acceptors (Lipinski definition) is 5. The molecule has 2 atom stereocenters. The highest BCUT2D eigenvalue weighted by Crippen LogP contribution is 2.34. The molecule has 130 valence electrons. The molecule has 0 bridgehead atoms. The van der Waals surface area contributed by atoms with Crippen LogP contribution in [0.3, 0.4) is 0 Å². The molecule has 5 heteroatoms. The Balaban J connectivity index is 1.98. The van der Waals surface area contributed by atoms with E-state index in [9.17, 15) is 0 Å². The summed E-state index contributed by atoms with van der Waals surface area (Å²) in [7, 11) is 1.65. The number of rotatable bonds is 7. The molecular weight excluding hydrogens is 292 g/mol. The third-order valence-corrected chi connectivity index (χ3v) is 4.08. The molecule has 1 aliphatic heterocycles. The lowest BCUT2D eigenvalue weighted by Crippen LogP contribution is -2.45. The predicted molar refractivity (Wildman–Crippen MR) is 93.3 cm³/mol. The molecule has 1 heterocycles. The van der Waals surface area contributed by atoms with Crippen LogP contribution in [0.1, 0.15) is 32.8 Å². The number of ether oxygens (including phenoxy) is 3. The van der Waals surface area contributed by atoms with Crippen molar-refractivity contribution >= 4 is 5.69 Å². The smallest absolute Gasteiger partial charge is 0.164 e. The van der Waals surface area contributed by atoms with Gasteiger partial charge in [-0.1, -0.05) is 0 Å². The highest BCUT2D eigenvalue weighted by molar-refractivity contribution is 5.57. The van der Waals surface area contributed by atoms with Crippen LogP contribution in [0.2, 0.25) is 0 Å². The predicted octanol–water partition coefficient (Wildman–Crippen LogP) is 2.72. The summed E-state index contributed by atoms with van der Waals surface area (Å²) in [4.78, 5) is 2.47. The molecule has 0 spiro atoms. The van der Waals surface area contributed by atoms with Crippen LogP contribution < -0.4 is 15.2 Å². The van der Waals surface area contributed by atoms with E-state index in [1.165, 1.54) is 0 Å². The minimum Gasteiger partial charge on any atom is -0.493 e. The molecule has 2 unspecified atom stereocenters. The van der Waals surface area contributed by atoms with Crippen LogP contribution in [0.15, 0.2) is 12.1 Å². The number of nitrogens with two attached hydrogens (primary N) is 1. The summed E-state index contributed by atoms with van der Waals surface area (Å²) in [6.45, 7) is 9.94. The molecule has 23 heavy (non-hydrogen) atoms. The van der Waals surface area contributed by atoms with Gasteiger partial charge in [0.1, 0.15) is 0 Å². The number of nitrogens with zero attached hydrogens (tertiary/aromatic N) is 1. The number of methoxy groups -OCH3 is 1. The monoisotopic (exact) mass is 322 g/mol. The van der Waals surface area contributed by atoms with Gasteiger partial charge in [-0.2, -0.15) is 0 Å². The van der Waals surface area contributed by atoms with E-state index in [0.29, 0.717) is 24.5 Å². The second-order valence-corrected chi connectivity index (χ2v) is 6.26. The first-order valence-electron chi connectivity index (χ1n) is 8.50. The fourth-order valence-corrected chi connectivity index (χ4v) is 3.29. The van der Waals surface area contributed by atoms with Crippen LogP contribution in [0, 0.1) is 0 Å². The highest BCUT2D eigenvalue weighted by atomic mass is 16.5. The lowest BCUT2D eigenvalue weighted by Gasteiger charge is -2.35. The quantitative estimate of drug-likeness (QED) is 0.782. The largest absolute Gasteiger partial charge is 0.493 e. The average molecular weight is 322 g/mol. The van der Waals surface area contributed by atoms with E-state index in [1.807, 2.05) is 19.1 Å².